The number of anilines is 1. The van der Waals surface area contributed by atoms with E-state index in [1.165, 1.54) is 25.3 Å². The van der Waals surface area contributed by atoms with Gasteiger partial charge in [0.1, 0.15) is 0 Å². The van der Waals surface area contributed by atoms with Crippen LogP contribution in [0, 0.1) is 11.8 Å². The summed E-state index contributed by atoms with van der Waals surface area (Å²) in [6.45, 7) is 3.99. The number of ketones is 1. The minimum atomic E-state index is -0.457. The Morgan fingerprint density at radius 2 is 1.93 bits per heavy atom. The normalized spacial score (nSPS) is 23.5. The Morgan fingerprint density at radius 1 is 1.11 bits per heavy atom. The second kappa shape index (κ2) is 8.15. The molecule has 2 aromatic carbocycles. The molecule has 146 valence electrons. The molecule has 0 radical (unpaired) electrons. The van der Waals surface area contributed by atoms with Crippen LogP contribution >= 0.6 is 0 Å². The summed E-state index contributed by atoms with van der Waals surface area (Å²) < 4.78 is 5.55. The Hall–Kier alpha value is -2.66. The Morgan fingerprint density at radius 3 is 2.71 bits per heavy atom. The number of nitrogens with one attached hydrogen (secondary N) is 1. The van der Waals surface area contributed by atoms with Crippen LogP contribution in [0.1, 0.15) is 35.7 Å². The number of hydrogen-bond acceptors (Lipinski definition) is 4. The highest BCUT2D eigenvalue weighted by atomic mass is 16.5. The van der Waals surface area contributed by atoms with Crippen LogP contribution < -0.4 is 5.32 Å². The largest absolute Gasteiger partial charge is 0.449 e. The van der Waals surface area contributed by atoms with E-state index in [9.17, 15) is 9.59 Å². The molecule has 1 aliphatic heterocycles. The zero-order valence-electron chi connectivity index (χ0n) is 16.1. The van der Waals surface area contributed by atoms with Crippen molar-refractivity contribution in [3.63, 3.8) is 0 Å². The molecule has 1 N–H and O–H groups in total. The summed E-state index contributed by atoms with van der Waals surface area (Å²) in [6, 6.07) is 17.9. The van der Waals surface area contributed by atoms with E-state index in [-0.39, 0.29) is 5.78 Å². The molecular formula is C23H26N2O3. The molecule has 28 heavy (non-hydrogen) atoms. The molecule has 1 amide bonds. The van der Waals surface area contributed by atoms with Crippen molar-refractivity contribution in [1.82, 2.24) is 4.90 Å². The van der Waals surface area contributed by atoms with E-state index in [2.05, 4.69) is 34.5 Å². The van der Waals surface area contributed by atoms with Crippen molar-refractivity contribution in [3.05, 3.63) is 65.7 Å². The van der Waals surface area contributed by atoms with Crippen molar-refractivity contribution in [2.24, 2.45) is 11.8 Å². The van der Waals surface area contributed by atoms with Crippen LogP contribution in [0.15, 0.2) is 54.6 Å². The number of likely N-dealkylation sites (tertiary alicyclic amines) is 1. The van der Waals surface area contributed by atoms with Crippen molar-refractivity contribution in [3.8, 4) is 0 Å². The third-order valence-electron chi connectivity index (χ3n) is 6.02. The highest BCUT2D eigenvalue weighted by molar-refractivity contribution is 5.96. The number of nitrogens with zero attached hydrogens (tertiary/aromatic N) is 1. The Labute approximate surface area is 165 Å². The van der Waals surface area contributed by atoms with Gasteiger partial charge in [-0.25, -0.2) is 4.79 Å². The van der Waals surface area contributed by atoms with Crippen molar-refractivity contribution < 1.29 is 14.3 Å². The maximum absolute atomic E-state index is 12.2. The van der Waals surface area contributed by atoms with Crippen molar-refractivity contribution in [2.45, 2.75) is 32.4 Å². The fraction of sp³-hybridized carbons (Fsp3) is 0.391. The maximum Gasteiger partial charge on any atom is 0.411 e. The van der Waals surface area contributed by atoms with Crippen molar-refractivity contribution >= 4 is 17.6 Å². The van der Waals surface area contributed by atoms with E-state index in [0.717, 1.165) is 13.1 Å². The predicted octanol–water partition coefficient (Wildman–Crippen LogP) is 4.35. The van der Waals surface area contributed by atoms with E-state index in [1.807, 2.05) is 6.07 Å². The summed E-state index contributed by atoms with van der Waals surface area (Å²) in [6.07, 6.45) is 1.93. The zero-order valence-corrected chi connectivity index (χ0v) is 16.1. The third-order valence-corrected chi connectivity index (χ3v) is 6.02. The Bertz CT molecular complexity index is 852. The Kier molecular flexibility index (Phi) is 5.44. The van der Waals surface area contributed by atoms with Crippen LogP contribution in [0.2, 0.25) is 0 Å². The smallest absolute Gasteiger partial charge is 0.411 e. The highest BCUT2D eigenvalue weighted by Crippen LogP contribution is 2.43. The lowest BCUT2D eigenvalue weighted by Gasteiger charge is -2.27. The van der Waals surface area contributed by atoms with E-state index in [1.54, 1.807) is 24.3 Å². The van der Waals surface area contributed by atoms with E-state index < -0.39 is 6.09 Å². The molecule has 2 fully saturated rings. The van der Waals surface area contributed by atoms with Gasteiger partial charge in [-0.05, 0) is 43.4 Å². The van der Waals surface area contributed by atoms with Gasteiger partial charge in [0.15, 0.2) is 5.78 Å². The number of carbonyl (C=O) groups is 2. The van der Waals surface area contributed by atoms with E-state index in [0.29, 0.717) is 35.7 Å². The van der Waals surface area contributed by atoms with Gasteiger partial charge in [-0.1, -0.05) is 42.5 Å². The lowest BCUT2D eigenvalue weighted by atomic mass is 9.99. The van der Waals surface area contributed by atoms with Gasteiger partial charge in [-0.15, -0.1) is 0 Å². The van der Waals surface area contributed by atoms with Crippen molar-refractivity contribution in [2.75, 3.05) is 18.5 Å². The van der Waals surface area contributed by atoms with E-state index in [4.69, 9.17) is 4.74 Å². The Balaban J connectivity index is 1.31. The number of ether oxygens (including phenoxy) is 1. The topological polar surface area (TPSA) is 58.6 Å². The summed E-state index contributed by atoms with van der Waals surface area (Å²) >= 11 is 0. The van der Waals surface area contributed by atoms with Gasteiger partial charge in [-0.3, -0.25) is 15.0 Å². The number of benzene rings is 2. The minimum absolute atomic E-state index is 0.0296. The summed E-state index contributed by atoms with van der Waals surface area (Å²) in [4.78, 5) is 26.2. The number of carbonyl (C=O) groups excluding carboxylic acids is 2. The van der Waals surface area contributed by atoms with Gasteiger partial charge >= 0.3 is 6.09 Å². The number of piperidine rings is 1. The molecule has 2 aliphatic rings. The number of fused-ring (bicyclic) bond motifs is 2. The van der Waals surface area contributed by atoms with Gasteiger partial charge in [0.25, 0.3) is 0 Å². The van der Waals surface area contributed by atoms with Crippen LogP contribution in [-0.2, 0) is 11.3 Å². The lowest BCUT2D eigenvalue weighted by molar-refractivity contribution is 0.101. The molecule has 4 rings (SSSR count). The average molecular weight is 378 g/mol. The van der Waals surface area contributed by atoms with Gasteiger partial charge in [0, 0.05) is 36.3 Å². The summed E-state index contributed by atoms with van der Waals surface area (Å²) in [5.41, 5.74) is 2.49. The third kappa shape index (κ3) is 4.09. The second-order valence-corrected chi connectivity index (χ2v) is 7.84. The van der Waals surface area contributed by atoms with Crippen LogP contribution in [-0.4, -0.2) is 36.0 Å². The second-order valence-electron chi connectivity index (χ2n) is 7.84. The van der Waals surface area contributed by atoms with Crippen LogP contribution in [0.25, 0.3) is 0 Å². The number of amides is 1. The molecule has 5 heteroatoms. The van der Waals surface area contributed by atoms with Crippen LogP contribution in [0.3, 0.4) is 0 Å². The van der Waals surface area contributed by atoms with Gasteiger partial charge < -0.3 is 4.74 Å². The van der Waals surface area contributed by atoms with Gasteiger partial charge in [0.05, 0.1) is 6.61 Å². The predicted molar refractivity (Wildman–Crippen MR) is 108 cm³/mol. The quantitative estimate of drug-likeness (QED) is 0.760. The van der Waals surface area contributed by atoms with Crippen LogP contribution in [0.4, 0.5) is 10.5 Å². The highest BCUT2D eigenvalue weighted by Gasteiger charge is 2.46. The fourth-order valence-electron chi connectivity index (χ4n) is 4.63. The molecule has 1 aliphatic carbocycles. The maximum atomic E-state index is 12.2. The molecule has 1 heterocycles. The molecule has 2 bridgehead atoms. The average Bonchev–Trinajstić information content (AvgIpc) is 3.24. The van der Waals surface area contributed by atoms with Crippen molar-refractivity contribution in [1.29, 1.82) is 0 Å². The number of rotatable bonds is 6. The molecule has 1 saturated carbocycles. The SMILES string of the molecule is CC(=O)c1cccc(NC(=O)OCC2C3CCC2N(Cc2ccccc2)C3)c1. The minimum Gasteiger partial charge on any atom is -0.449 e. The number of Topliss-reactive ketones (excluding diaryl/α,β-unsaturated/α-hetero) is 1. The van der Waals surface area contributed by atoms with E-state index >= 15 is 0 Å². The molecule has 0 aromatic heterocycles. The molecule has 5 nitrogen and oxygen atoms in total. The molecular weight excluding hydrogens is 352 g/mol. The molecule has 3 unspecified atom stereocenters. The fourth-order valence-corrected chi connectivity index (χ4v) is 4.63. The molecule has 2 aromatic rings. The summed E-state index contributed by atoms with van der Waals surface area (Å²) in [5, 5.41) is 2.74. The lowest BCUT2D eigenvalue weighted by Crippen LogP contribution is -2.33. The first-order valence-corrected chi connectivity index (χ1v) is 9.93. The molecule has 3 atom stereocenters. The van der Waals surface area contributed by atoms with Crippen LogP contribution in [0.5, 0.6) is 0 Å². The first kappa shape index (κ1) is 18.7. The van der Waals surface area contributed by atoms with Gasteiger partial charge in [0.2, 0.25) is 0 Å². The zero-order chi connectivity index (χ0) is 19.5. The van der Waals surface area contributed by atoms with Gasteiger partial charge in [-0.2, -0.15) is 0 Å². The first-order valence-electron chi connectivity index (χ1n) is 9.93. The molecule has 0 spiro atoms. The summed E-state index contributed by atoms with van der Waals surface area (Å²) in [7, 11) is 0. The standard InChI is InChI=1S/C23H26N2O3/c1-16(26)18-8-5-9-20(12-18)24-23(27)28-15-21-19-10-11-22(21)25(14-19)13-17-6-3-2-4-7-17/h2-9,12,19,21-22H,10-11,13-15H2,1H3,(H,24,27). The summed E-state index contributed by atoms with van der Waals surface area (Å²) in [5.74, 6) is 0.971. The number of hydrogen-bond donors (Lipinski definition) is 1. The monoisotopic (exact) mass is 378 g/mol. The molecule has 1 saturated heterocycles. The first-order chi connectivity index (χ1) is 13.6.